The zero-order valence-electron chi connectivity index (χ0n) is 9.69. The Morgan fingerprint density at radius 1 is 1.31 bits per heavy atom. The van der Waals surface area contributed by atoms with Gasteiger partial charge in [0.15, 0.2) is 11.6 Å². The average Bonchev–Trinajstić information content (AvgIpc) is 2.20. The molecule has 1 aromatic heterocycles. The average molecular weight is 223 g/mol. The van der Waals surface area contributed by atoms with Crippen LogP contribution in [0.1, 0.15) is 20.8 Å². The van der Waals surface area contributed by atoms with Crippen molar-refractivity contribution in [3.8, 4) is 0 Å². The van der Waals surface area contributed by atoms with Gasteiger partial charge in [-0.3, -0.25) is 4.79 Å². The predicted octanol–water partition coefficient (Wildman–Crippen LogP) is 0.384. The van der Waals surface area contributed by atoms with Crippen LogP contribution in [-0.2, 0) is 4.79 Å². The summed E-state index contributed by atoms with van der Waals surface area (Å²) in [4.78, 5) is 19.5. The minimum Gasteiger partial charge on any atom is -0.381 e. The molecule has 0 fully saturated rings. The van der Waals surface area contributed by atoms with E-state index in [1.807, 2.05) is 13.8 Å². The van der Waals surface area contributed by atoms with Gasteiger partial charge in [-0.1, -0.05) is 0 Å². The minimum atomic E-state index is -0.401. The maximum atomic E-state index is 11.6. The second-order valence-corrected chi connectivity index (χ2v) is 3.82. The van der Waals surface area contributed by atoms with Crippen LogP contribution in [0.25, 0.3) is 0 Å². The van der Waals surface area contributed by atoms with Crippen LogP contribution in [0.2, 0.25) is 0 Å². The fourth-order valence-corrected chi connectivity index (χ4v) is 1.14. The molecule has 0 aliphatic carbocycles. The van der Waals surface area contributed by atoms with Gasteiger partial charge in [-0.25, -0.2) is 9.97 Å². The molecule has 88 valence electrons. The first-order chi connectivity index (χ1) is 7.50. The van der Waals surface area contributed by atoms with Crippen molar-refractivity contribution >= 4 is 17.5 Å². The molecule has 0 spiro atoms. The fourth-order valence-electron chi connectivity index (χ4n) is 1.14. The van der Waals surface area contributed by atoms with E-state index in [-0.39, 0.29) is 17.8 Å². The number of amides is 1. The highest BCUT2D eigenvalue weighted by atomic mass is 16.2. The molecule has 0 aromatic carbocycles. The van der Waals surface area contributed by atoms with E-state index < -0.39 is 6.04 Å². The third-order valence-corrected chi connectivity index (χ3v) is 1.90. The summed E-state index contributed by atoms with van der Waals surface area (Å²) < 4.78 is 0. The Morgan fingerprint density at radius 2 is 1.94 bits per heavy atom. The summed E-state index contributed by atoms with van der Waals surface area (Å²) in [7, 11) is 0. The van der Waals surface area contributed by atoms with Gasteiger partial charge in [0, 0.05) is 18.4 Å². The number of aromatic nitrogens is 2. The highest BCUT2D eigenvalue weighted by molar-refractivity contribution is 5.84. The molecule has 0 saturated heterocycles. The van der Waals surface area contributed by atoms with Crippen molar-refractivity contribution in [2.45, 2.75) is 32.9 Å². The molecule has 0 aliphatic heterocycles. The largest absolute Gasteiger partial charge is 0.381 e. The maximum absolute atomic E-state index is 11.6. The molecule has 6 nitrogen and oxygen atoms in total. The molecule has 1 amide bonds. The number of hydrogen-bond acceptors (Lipinski definition) is 5. The van der Waals surface area contributed by atoms with E-state index in [1.54, 1.807) is 6.92 Å². The quantitative estimate of drug-likeness (QED) is 0.686. The number of carbonyl (C=O) groups excluding carboxylic acids is 1. The maximum Gasteiger partial charge on any atom is 0.242 e. The SMILES string of the molecule is CC(C)NC(=O)C(C)Nc1nccnc1N. The summed E-state index contributed by atoms with van der Waals surface area (Å²) in [6.07, 6.45) is 3.02. The van der Waals surface area contributed by atoms with Gasteiger partial charge in [0.25, 0.3) is 0 Å². The molecule has 1 heterocycles. The lowest BCUT2D eigenvalue weighted by atomic mass is 10.3. The van der Waals surface area contributed by atoms with Crippen molar-refractivity contribution in [2.75, 3.05) is 11.1 Å². The Hall–Kier alpha value is -1.85. The molecule has 6 heteroatoms. The van der Waals surface area contributed by atoms with Gasteiger partial charge in [-0.2, -0.15) is 0 Å². The lowest BCUT2D eigenvalue weighted by Gasteiger charge is -2.16. The minimum absolute atomic E-state index is 0.0972. The topological polar surface area (TPSA) is 92.9 Å². The summed E-state index contributed by atoms with van der Waals surface area (Å²) in [5.41, 5.74) is 5.60. The van der Waals surface area contributed by atoms with Gasteiger partial charge in [0.05, 0.1) is 0 Å². The van der Waals surface area contributed by atoms with Crippen molar-refractivity contribution in [3.63, 3.8) is 0 Å². The normalized spacial score (nSPS) is 12.2. The predicted molar refractivity (Wildman–Crippen MR) is 62.8 cm³/mol. The highest BCUT2D eigenvalue weighted by Crippen LogP contribution is 2.10. The number of rotatable bonds is 4. The zero-order chi connectivity index (χ0) is 12.1. The molecule has 0 bridgehead atoms. The zero-order valence-corrected chi connectivity index (χ0v) is 9.69. The van der Waals surface area contributed by atoms with Crippen LogP contribution in [-0.4, -0.2) is 28.0 Å². The lowest BCUT2D eigenvalue weighted by molar-refractivity contribution is -0.122. The van der Waals surface area contributed by atoms with Crippen LogP contribution in [0.5, 0.6) is 0 Å². The van der Waals surface area contributed by atoms with Crippen molar-refractivity contribution in [2.24, 2.45) is 0 Å². The molecule has 1 rings (SSSR count). The first kappa shape index (κ1) is 12.2. The number of hydrogen-bond donors (Lipinski definition) is 3. The first-order valence-electron chi connectivity index (χ1n) is 5.14. The Morgan fingerprint density at radius 3 is 2.50 bits per heavy atom. The number of nitrogens with one attached hydrogen (secondary N) is 2. The number of nitrogens with two attached hydrogens (primary N) is 1. The summed E-state index contributed by atoms with van der Waals surface area (Å²) in [5.74, 6) is 0.612. The van der Waals surface area contributed by atoms with Gasteiger partial charge >= 0.3 is 0 Å². The van der Waals surface area contributed by atoms with Crippen LogP contribution in [0.15, 0.2) is 12.4 Å². The van der Waals surface area contributed by atoms with Crippen molar-refractivity contribution in [1.29, 1.82) is 0 Å². The summed E-state index contributed by atoms with van der Waals surface area (Å²) in [6, 6.07) is -0.294. The molecule has 0 radical (unpaired) electrons. The van der Waals surface area contributed by atoms with Gasteiger partial charge in [-0.15, -0.1) is 0 Å². The molecule has 4 N–H and O–H groups in total. The second kappa shape index (κ2) is 5.29. The summed E-state index contributed by atoms with van der Waals surface area (Å²) >= 11 is 0. The smallest absolute Gasteiger partial charge is 0.242 e. The monoisotopic (exact) mass is 223 g/mol. The summed E-state index contributed by atoms with van der Waals surface area (Å²) in [6.45, 7) is 5.55. The van der Waals surface area contributed by atoms with Crippen LogP contribution in [0.3, 0.4) is 0 Å². The van der Waals surface area contributed by atoms with E-state index in [2.05, 4.69) is 20.6 Å². The number of carbonyl (C=O) groups is 1. The molecular weight excluding hydrogens is 206 g/mol. The molecule has 1 atom stereocenters. The lowest BCUT2D eigenvalue weighted by Crippen LogP contribution is -2.41. The third kappa shape index (κ3) is 3.38. The van der Waals surface area contributed by atoms with Crippen LogP contribution in [0, 0.1) is 0 Å². The van der Waals surface area contributed by atoms with Gasteiger partial charge in [0.2, 0.25) is 5.91 Å². The Balaban J connectivity index is 2.61. The number of nitrogens with zero attached hydrogens (tertiary/aromatic N) is 2. The van der Waals surface area contributed by atoms with Gasteiger partial charge < -0.3 is 16.4 Å². The van der Waals surface area contributed by atoms with E-state index in [0.717, 1.165) is 0 Å². The van der Waals surface area contributed by atoms with Gasteiger partial charge in [-0.05, 0) is 20.8 Å². The van der Waals surface area contributed by atoms with E-state index in [1.165, 1.54) is 12.4 Å². The van der Waals surface area contributed by atoms with Crippen molar-refractivity contribution in [3.05, 3.63) is 12.4 Å². The molecule has 0 saturated carbocycles. The Kier molecular flexibility index (Phi) is 4.04. The van der Waals surface area contributed by atoms with Crippen LogP contribution in [0.4, 0.5) is 11.6 Å². The van der Waals surface area contributed by atoms with Crippen molar-refractivity contribution < 1.29 is 4.79 Å². The molecular formula is C10H17N5O. The highest BCUT2D eigenvalue weighted by Gasteiger charge is 2.14. The van der Waals surface area contributed by atoms with Crippen LogP contribution >= 0.6 is 0 Å². The van der Waals surface area contributed by atoms with E-state index in [4.69, 9.17) is 5.73 Å². The molecule has 1 unspecified atom stereocenters. The fraction of sp³-hybridized carbons (Fsp3) is 0.500. The standard InChI is InChI=1S/C10H17N5O/c1-6(2)14-10(16)7(3)15-9-8(11)12-4-5-13-9/h4-7H,1-3H3,(H2,11,12)(H,13,15)(H,14,16). The number of anilines is 2. The Bertz CT molecular complexity index is 366. The number of nitrogen functional groups attached to an aromatic ring is 1. The third-order valence-electron chi connectivity index (χ3n) is 1.90. The Labute approximate surface area is 94.7 Å². The van der Waals surface area contributed by atoms with Gasteiger partial charge in [0.1, 0.15) is 6.04 Å². The van der Waals surface area contributed by atoms with Crippen molar-refractivity contribution in [1.82, 2.24) is 15.3 Å². The second-order valence-electron chi connectivity index (χ2n) is 3.82. The first-order valence-corrected chi connectivity index (χ1v) is 5.14. The molecule has 16 heavy (non-hydrogen) atoms. The van der Waals surface area contributed by atoms with E-state index in [0.29, 0.717) is 5.82 Å². The summed E-state index contributed by atoms with van der Waals surface area (Å²) in [5, 5.41) is 5.70. The molecule has 1 aromatic rings. The van der Waals surface area contributed by atoms with E-state index in [9.17, 15) is 4.79 Å². The van der Waals surface area contributed by atoms with E-state index >= 15 is 0 Å². The van der Waals surface area contributed by atoms with Crippen LogP contribution < -0.4 is 16.4 Å². The molecule has 0 aliphatic rings.